The molecule has 0 saturated heterocycles. The molecule has 0 aliphatic carbocycles. The third kappa shape index (κ3) is 8.02. The van der Waals surface area contributed by atoms with Gasteiger partial charge in [0.05, 0.1) is 12.7 Å². The molecule has 0 aromatic heterocycles. The van der Waals surface area contributed by atoms with Gasteiger partial charge in [-0.1, -0.05) is 30.3 Å². The first-order valence-electron chi connectivity index (χ1n) is 5.95. The van der Waals surface area contributed by atoms with Crippen molar-refractivity contribution in [1.29, 1.82) is 5.39 Å². The van der Waals surface area contributed by atoms with Crippen molar-refractivity contribution in [2.24, 2.45) is 0 Å². The van der Waals surface area contributed by atoms with Gasteiger partial charge in [0.2, 0.25) is 5.39 Å². The second-order valence-corrected chi connectivity index (χ2v) is 6.19. The van der Waals surface area contributed by atoms with Crippen LogP contribution < -0.4 is 4.74 Å². The molecule has 0 bridgehead atoms. The maximum atomic E-state index is 9.87. The van der Waals surface area contributed by atoms with Crippen LogP contribution in [0.5, 0.6) is 5.75 Å². The van der Waals surface area contributed by atoms with E-state index in [-0.39, 0.29) is 0 Å². The zero-order chi connectivity index (χ0) is 17.8. The predicted octanol–water partition coefficient (Wildman–Crippen LogP) is 7.23. The van der Waals surface area contributed by atoms with E-state index in [1.807, 2.05) is 42.5 Å². The van der Waals surface area contributed by atoms with Crippen LogP contribution in [0.25, 0.3) is 16.1 Å². The SMILES string of the molecule is COc1ccccc1-c1ccccc1[N+]#N.F[P-](F)(F)(F)(F)F. The Morgan fingerprint density at radius 3 is 1.74 bits per heavy atom. The topological polar surface area (TPSA) is 37.4 Å². The number of nitrogens with zero attached hydrogens (tertiary/aromatic N) is 2. The molecule has 0 fully saturated rings. The molecular formula is C13H11F6N2OP. The average molecular weight is 356 g/mol. The Labute approximate surface area is 127 Å². The maximum absolute atomic E-state index is 10.7. The number of halogens is 6. The first kappa shape index (κ1) is 18.7. The summed E-state index contributed by atoms with van der Waals surface area (Å²) in [6.45, 7) is 0. The third-order valence-corrected chi connectivity index (χ3v) is 2.41. The summed E-state index contributed by atoms with van der Waals surface area (Å²) in [6.07, 6.45) is 0. The number of para-hydroxylation sites is 1. The number of benzene rings is 2. The van der Waals surface area contributed by atoms with E-state index >= 15 is 0 Å². The molecule has 23 heavy (non-hydrogen) atoms. The van der Waals surface area contributed by atoms with Gasteiger partial charge in [-0.05, 0) is 12.1 Å². The van der Waals surface area contributed by atoms with Crippen LogP contribution in [-0.4, -0.2) is 7.11 Å². The molecule has 0 aliphatic rings. The van der Waals surface area contributed by atoms with Crippen LogP contribution in [0, 0.1) is 5.39 Å². The van der Waals surface area contributed by atoms with E-state index in [4.69, 9.17) is 10.1 Å². The van der Waals surface area contributed by atoms with E-state index in [0.29, 0.717) is 5.69 Å². The van der Waals surface area contributed by atoms with Crippen molar-refractivity contribution in [3.05, 3.63) is 53.5 Å². The van der Waals surface area contributed by atoms with Gasteiger partial charge in [0.1, 0.15) is 5.75 Å². The fraction of sp³-hybridized carbons (Fsp3) is 0.0769. The Morgan fingerprint density at radius 2 is 1.26 bits per heavy atom. The van der Waals surface area contributed by atoms with Gasteiger partial charge in [0.15, 0.2) is 4.98 Å². The first-order valence-corrected chi connectivity index (χ1v) is 7.98. The first-order chi connectivity index (χ1) is 10.3. The molecule has 126 valence electrons. The molecule has 0 unspecified atom stereocenters. The minimum absolute atomic E-state index is 0.534. The Bertz CT molecular complexity index is 728. The molecule has 0 amide bonds. The van der Waals surface area contributed by atoms with Crippen molar-refractivity contribution in [1.82, 2.24) is 0 Å². The molecule has 0 spiro atoms. The van der Waals surface area contributed by atoms with Crippen molar-refractivity contribution >= 4 is 13.5 Å². The van der Waals surface area contributed by atoms with Crippen LogP contribution in [0.1, 0.15) is 0 Å². The summed E-state index contributed by atoms with van der Waals surface area (Å²) in [4.78, 5) is 3.27. The summed E-state index contributed by atoms with van der Waals surface area (Å²) in [5.74, 6) is 0.763. The van der Waals surface area contributed by atoms with Gasteiger partial charge < -0.3 is 4.74 Å². The van der Waals surface area contributed by atoms with Gasteiger partial charge in [-0.3, -0.25) is 0 Å². The Hall–Kier alpha value is -2.33. The van der Waals surface area contributed by atoms with Crippen LogP contribution in [0.4, 0.5) is 30.9 Å². The fourth-order valence-corrected chi connectivity index (χ4v) is 1.66. The van der Waals surface area contributed by atoms with Crippen molar-refractivity contribution in [2.45, 2.75) is 0 Å². The summed E-state index contributed by atoms with van der Waals surface area (Å²) < 4.78 is 64.5. The number of diazo groups is 1. The molecule has 0 heterocycles. The van der Waals surface area contributed by atoms with E-state index in [1.54, 1.807) is 13.2 Å². The molecule has 0 aliphatic heterocycles. The van der Waals surface area contributed by atoms with E-state index in [1.165, 1.54) is 0 Å². The quantitative estimate of drug-likeness (QED) is 0.323. The normalized spacial score (nSPS) is 13.7. The van der Waals surface area contributed by atoms with Crippen molar-refractivity contribution in [3.63, 3.8) is 0 Å². The summed E-state index contributed by atoms with van der Waals surface area (Å²) in [5, 5.41) is 8.93. The molecule has 10 heteroatoms. The Morgan fingerprint density at radius 1 is 0.826 bits per heavy atom. The van der Waals surface area contributed by atoms with Crippen LogP contribution in [-0.2, 0) is 0 Å². The summed E-state index contributed by atoms with van der Waals surface area (Å²) in [6, 6.07) is 15.0. The van der Waals surface area contributed by atoms with E-state index < -0.39 is 7.81 Å². The second kappa shape index (κ2) is 5.70. The molecule has 3 nitrogen and oxygen atoms in total. The molecule has 2 rings (SSSR count). The summed E-state index contributed by atoms with van der Waals surface area (Å²) in [5.41, 5.74) is 2.30. The Kier molecular flexibility index (Phi) is 4.64. The van der Waals surface area contributed by atoms with Crippen molar-refractivity contribution in [2.75, 3.05) is 7.11 Å². The second-order valence-electron chi connectivity index (χ2n) is 4.28. The standard InChI is InChI=1S/C13H11N2O.F6P/c1-16-13-9-5-3-7-11(13)10-6-2-4-8-12(10)15-14;1-7(2,3,4,5)6/h2-9H,1H3;/q+1;-1. The molecule has 0 atom stereocenters. The summed E-state index contributed by atoms with van der Waals surface area (Å²) in [7, 11) is -9.03. The zero-order valence-corrected chi connectivity index (χ0v) is 12.5. The van der Waals surface area contributed by atoms with Gasteiger partial charge >= 0.3 is 38.7 Å². The number of rotatable bonds is 2. The number of hydrogen-bond acceptors (Lipinski definition) is 2. The molecule has 2 aromatic carbocycles. The molecule has 0 radical (unpaired) electrons. The minimum atomic E-state index is -10.7. The number of hydrogen-bond donors (Lipinski definition) is 0. The van der Waals surface area contributed by atoms with Crippen molar-refractivity contribution in [3.8, 4) is 16.9 Å². The zero-order valence-electron chi connectivity index (χ0n) is 11.6. The van der Waals surface area contributed by atoms with Gasteiger partial charge in [0, 0.05) is 11.6 Å². The predicted molar refractivity (Wildman–Crippen MR) is 76.7 cm³/mol. The summed E-state index contributed by atoms with van der Waals surface area (Å²) >= 11 is 0. The van der Waals surface area contributed by atoms with Crippen LogP contribution in [0.3, 0.4) is 0 Å². The fourth-order valence-electron chi connectivity index (χ4n) is 1.66. The number of ether oxygens (including phenoxy) is 1. The monoisotopic (exact) mass is 356 g/mol. The molecule has 0 saturated carbocycles. The molecule has 2 aromatic rings. The molecular weight excluding hydrogens is 345 g/mol. The number of methoxy groups -OCH3 is 1. The van der Waals surface area contributed by atoms with Crippen molar-refractivity contribution < 1.29 is 29.9 Å². The van der Waals surface area contributed by atoms with E-state index in [9.17, 15) is 25.2 Å². The third-order valence-electron chi connectivity index (χ3n) is 2.41. The van der Waals surface area contributed by atoms with Gasteiger partial charge in [0.25, 0.3) is 0 Å². The molecule has 0 N–H and O–H groups in total. The van der Waals surface area contributed by atoms with Crippen LogP contribution >= 0.6 is 7.81 Å². The van der Waals surface area contributed by atoms with E-state index in [0.717, 1.165) is 16.9 Å². The van der Waals surface area contributed by atoms with Crippen LogP contribution in [0.15, 0.2) is 48.5 Å². The van der Waals surface area contributed by atoms with Gasteiger partial charge in [-0.25, -0.2) is 0 Å². The van der Waals surface area contributed by atoms with Gasteiger partial charge in [-0.2, -0.15) is 0 Å². The Balaban J connectivity index is 0.000000322. The average Bonchev–Trinajstić information content (AvgIpc) is 2.44. The van der Waals surface area contributed by atoms with E-state index in [2.05, 4.69) is 4.98 Å². The van der Waals surface area contributed by atoms with Crippen LogP contribution in [0.2, 0.25) is 0 Å². The van der Waals surface area contributed by atoms with Gasteiger partial charge in [-0.15, -0.1) is 0 Å².